The van der Waals surface area contributed by atoms with E-state index in [0.717, 1.165) is 19.3 Å². The molecule has 1 saturated heterocycles. The number of carbonyl (C=O) groups is 1. The molecule has 1 spiro atoms. The van der Waals surface area contributed by atoms with Crippen LogP contribution in [-0.4, -0.2) is 22.4 Å². The number of rotatable bonds is 5. The van der Waals surface area contributed by atoms with E-state index in [-0.39, 0.29) is 11.7 Å². The van der Waals surface area contributed by atoms with Crippen molar-refractivity contribution in [2.24, 2.45) is 5.92 Å². The Morgan fingerprint density at radius 2 is 2.25 bits per heavy atom. The van der Waals surface area contributed by atoms with Crippen LogP contribution in [-0.2, 0) is 4.79 Å². The van der Waals surface area contributed by atoms with Crippen LogP contribution < -0.4 is 5.32 Å². The minimum atomic E-state index is -0.226. The Kier molecular flexibility index (Phi) is 3.63. The summed E-state index contributed by atoms with van der Waals surface area (Å²) in [5.74, 6) is 0.987. The van der Waals surface area contributed by atoms with Gasteiger partial charge in [-0.1, -0.05) is 20.3 Å². The normalized spacial score (nSPS) is 27.1. The Morgan fingerprint density at radius 1 is 1.50 bits per heavy atom. The summed E-state index contributed by atoms with van der Waals surface area (Å²) in [7, 11) is 0. The second-order valence-electron chi connectivity index (χ2n) is 6.50. The van der Waals surface area contributed by atoms with Gasteiger partial charge in [-0.05, 0) is 54.5 Å². The smallest absolute Gasteiger partial charge is 0.244 e. The van der Waals surface area contributed by atoms with Crippen LogP contribution in [0.15, 0.2) is 16.8 Å². The molecule has 4 heteroatoms. The summed E-state index contributed by atoms with van der Waals surface area (Å²) >= 11 is 1.70. The molecule has 2 heterocycles. The van der Waals surface area contributed by atoms with E-state index in [2.05, 4.69) is 47.8 Å². The number of hydrogen-bond donors (Lipinski definition) is 1. The van der Waals surface area contributed by atoms with Crippen molar-refractivity contribution in [3.8, 4) is 0 Å². The number of carbonyl (C=O) groups excluding carboxylic acids is 1. The van der Waals surface area contributed by atoms with E-state index in [9.17, 15) is 4.79 Å². The van der Waals surface area contributed by atoms with Crippen molar-refractivity contribution >= 4 is 17.2 Å². The van der Waals surface area contributed by atoms with Gasteiger partial charge in [0.2, 0.25) is 5.91 Å². The molecule has 0 radical (unpaired) electrons. The van der Waals surface area contributed by atoms with Gasteiger partial charge in [-0.25, -0.2) is 0 Å². The predicted octanol–water partition coefficient (Wildman–Crippen LogP) is 3.54. The summed E-state index contributed by atoms with van der Waals surface area (Å²) < 4.78 is 0. The van der Waals surface area contributed by atoms with E-state index in [4.69, 9.17) is 0 Å². The van der Waals surface area contributed by atoms with Gasteiger partial charge in [-0.3, -0.25) is 10.1 Å². The van der Waals surface area contributed by atoms with E-state index in [0.29, 0.717) is 17.9 Å². The van der Waals surface area contributed by atoms with Crippen LogP contribution in [0.3, 0.4) is 0 Å². The van der Waals surface area contributed by atoms with Crippen molar-refractivity contribution in [1.29, 1.82) is 0 Å². The maximum Gasteiger partial charge on any atom is 0.244 e. The average molecular weight is 292 g/mol. The third-order valence-corrected chi connectivity index (χ3v) is 5.56. The molecule has 110 valence electrons. The summed E-state index contributed by atoms with van der Waals surface area (Å²) in [5, 5.41) is 7.85. The zero-order valence-electron chi connectivity index (χ0n) is 12.6. The number of nitrogens with zero attached hydrogens (tertiary/aromatic N) is 1. The molecule has 1 aliphatic heterocycles. The highest BCUT2D eigenvalue weighted by atomic mass is 32.1. The molecular weight excluding hydrogens is 268 g/mol. The summed E-state index contributed by atoms with van der Waals surface area (Å²) in [6, 6.07) is 2.44. The third kappa shape index (κ3) is 2.29. The molecule has 2 aliphatic rings. The molecule has 1 aromatic heterocycles. The molecule has 1 N–H and O–H groups in total. The number of hydrogen-bond acceptors (Lipinski definition) is 3. The van der Waals surface area contributed by atoms with Gasteiger partial charge in [0.25, 0.3) is 0 Å². The zero-order chi connectivity index (χ0) is 14.3. The summed E-state index contributed by atoms with van der Waals surface area (Å²) in [5.41, 5.74) is 1.01. The highest BCUT2D eigenvalue weighted by molar-refractivity contribution is 7.07. The van der Waals surface area contributed by atoms with Crippen LogP contribution in [0.2, 0.25) is 0 Å². The van der Waals surface area contributed by atoms with Crippen LogP contribution >= 0.6 is 11.3 Å². The first-order valence-electron chi connectivity index (χ1n) is 7.70. The van der Waals surface area contributed by atoms with Gasteiger partial charge < -0.3 is 4.90 Å². The van der Waals surface area contributed by atoms with Crippen LogP contribution in [0, 0.1) is 5.92 Å². The monoisotopic (exact) mass is 292 g/mol. The van der Waals surface area contributed by atoms with E-state index < -0.39 is 0 Å². The highest BCUT2D eigenvalue weighted by Crippen LogP contribution is 2.47. The quantitative estimate of drug-likeness (QED) is 0.900. The lowest BCUT2D eigenvalue weighted by Crippen LogP contribution is -2.39. The SMILES string of the molecule is CCC(C)CC(C)N1C(=O)C2(CC2)NC1c1ccsc1. The molecular formula is C16H24N2OS. The van der Waals surface area contributed by atoms with E-state index in [1.807, 2.05) is 0 Å². The van der Waals surface area contributed by atoms with Crippen LogP contribution in [0.1, 0.15) is 58.2 Å². The van der Waals surface area contributed by atoms with Gasteiger partial charge in [0, 0.05) is 6.04 Å². The Morgan fingerprint density at radius 3 is 2.80 bits per heavy atom. The van der Waals surface area contributed by atoms with Gasteiger partial charge in [0.1, 0.15) is 11.7 Å². The standard InChI is InChI=1S/C16H24N2OS/c1-4-11(2)9-12(3)18-14(13-5-8-20-10-13)17-16(6-7-16)15(18)19/h5,8,10-12,14,17H,4,6-7,9H2,1-3H3. The molecule has 1 aliphatic carbocycles. The van der Waals surface area contributed by atoms with Gasteiger partial charge in [-0.2, -0.15) is 11.3 Å². The van der Waals surface area contributed by atoms with Gasteiger partial charge >= 0.3 is 0 Å². The lowest BCUT2D eigenvalue weighted by Gasteiger charge is -2.31. The minimum Gasteiger partial charge on any atom is -0.319 e. The molecule has 3 atom stereocenters. The van der Waals surface area contributed by atoms with Crippen LogP contribution in [0.4, 0.5) is 0 Å². The summed E-state index contributed by atoms with van der Waals surface area (Å²) in [4.78, 5) is 14.9. The fourth-order valence-corrected chi connectivity index (χ4v) is 3.91. The Hall–Kier alpha value is -0.870. The number of thiophene rings is 1. The number of nitrogens with one attached hydrogen (secondary N) is 1. The van der Waals surface area contributed by atoms with Crippen molar-refractivity contribution < 1.29 is 4.79 Å². The van der Waals surface area contributed by atoms with E-state index in [1.165, 1.54) is 12.0 Å². The summed E-state index contributed by atoms with van der Waals surface area (Å²) in [6.45, 7) is 6.70. The summed E-state index contributed by atoms with van der Waals surface area (Å²) in [6.07, 6.45) is 4.34. The van der Waals surface area contributed by atoms with Crippen molar-refractivity contribution in [2.45, 2.75) is 64.2 Å². The molecule has 2 fully saturated rings. The molecule has 3 rings (SSSR count). The Balaban J connectivity index is 1.83. The molecule has 1 saturated carbocycles. The van der Waals surface area contributed by atoms with Crippen LogP contribution in [0.5, 0.6) is 0 Å². The van der Waals surface area contributed by atoms with Gasteiger partial charge in [-0.15, -0.1) is 0 Å². The fraction of sp³-hybridized carbons (Fsp3) is 0.688. The van der Waals surface area contributed by atoms with Crippen molar-refractivity contribution in [2.75, 3.05) is 0 Å². The second-order valence-corrected chi connectivity index (χ2v) is 7.28. The maximum atomic E-state index is 12.8. The number of amides is 1. The highest BCUT2D eigenvalue weighted by Gasteiger charge is 2.60. The lowest BCUT2D eigenvalue weighted by atomic mass is 9.98. The lowest BCUT2D eigenvalue weighted by molar-refractivity contribution is -0.133. The van der Waals surface area contributed by atoms with Crippen molar-refractivity contribution in [3.63, 3.8) is 0 Å². The molecule has 0 aromatic carbocycles. The Labute approximate surface area is 125 Å². The Bertz CT molecular complexity index is 481. The second kappa shape index (κ2) is 5.15. The minimum absolute atomic E-state index is 0.0790. The molecule has 1 aromatic rings. The molecule has 20 heavy (non-hydrogen) atoms. The average Bonchev–Trinajstić information content (AvgIpc) is 2.89. The van der Waals surface area contributed by atoms with E-state index in [1.54, 1.807) is 11.3 Å². The first-order chi connectivity index (χ1) is 9.57. The van der Waals surface area contributed by atoms with Gasteiger partial charge in [0.05, 0.1) is 0 Å². The first-order valence-corrected chi connectivity index (χ1v) is 8.64. The molecule has 3 nitrogen and oxygen atoms in total. The predicted molar refractivity (Wildman–Crippen MR) is 82.5 cm³/mol. The fourth-order valence-electron chi connectivity index (χ4n) is 3.23. The maximum absolute atomic E-state index is 12.8. The van der Waals surface area contributed by atoms with Gasteiger partial charge in [0.15, 0.2) is 0 Å². The molecule has 0 bridgehead atoms. The molecule has 3 unspecified atom stereocenters. The third-order valence-electron chi connectivity index (χ3n) is 4.86. The van der Waals surface area contributed by atoms with Crippen molar-refractivity contribution in [1.82, 2.24) is 10.2 Å². The first kappa shape index (κ1) is 14.1. The van der Waals surface area contributed by atoms with Crippen molar-refractivity contribution in [3.05, 3.63) is 22.4 Å². The zero-order valence-corrected chi connectivity index (χ0v) is 13.4. The van der Waals surface area contributed by atoms with Crippen LogP contribution in [0.25, 0.3) is 0 Å². The largest absolute Gasteiger partial charge is 0.319 e. The van der Waals surface area contributed by atoms with E-state index >= 15 is 0 Å². The topological polar surface area (TPSA) is 32.3 Å². The molecule has 1 amide bonds.